The van der Waals surface area contributed by atoms with E-state index in [2.05, 4.69) is 38.6 Å². The van der Waals surface area contributed by atoms with E-state index < -0.39 is 0 Å². The Morgan fingerprint density at radius 3 is 2.75 bits per heavy atom. The lowest BCUT2D eigenvalue weighted by Crippen LogP contribution is -2.09. The van der Waals surface area contributed by atoms with Crippen molar-refractivity contribution in [2.75, 3.05) is 22.9 Å². The molecule has 0 aliphatic carbocycles. The lowest BCUT2D eigenvalue weighted by molar-refractivity contribution is 0.831. The summed E-state index contributed by atoms with van der Waals surface area (Å²) in [5.74, 6) is 1.24. The zero-order valence-electron chi connectivity index (χ0n) is 14.0. The van der Waals surface area contributed by atoms with E-state index >= 15 is 0 Å². The minimum absolute atomic E-state index is 0.512. The summed E-state index contributed by atoms with van der Waals surface area (Å²) in [6.45, 7) is 4.96. The molecule has 0 spiro atoms. The second-order valence-electron chi connectivity index (χ2n) is 5.72. The third-order valence-electron chi connectivity index (χ3n) is 3.82. The fourth-order valence-corrected chi connectivity index (χ4v) is 2.49. The van der Waals surface area contributed by atoms with Crippen LogP contribution < -0.4 is 16.4 Å². The van der Waals surface area contributed by atoms with Crippen LogP contribution >= 0.6 is 0 Å². The molecule has 0 bridgehead atoms. The predicted octanol–water partition coefficient (Wildman–Crippen LogP) is 3.87. The first-order valence-electron chi connectivity index (χ1n) is 8.16. The van der Waals surface area contributed by atoms with Gasteiger partial charge in [-0.2, -0.15) is 0 Å². The van der Waals surface area contributed by atoms with Crippen molar-refractivity contribution in [3.63, 3.8) is 0 Å². The minimum Gasteiger partial charge on any atom is -0.393 e. The molecule has 4 N–H and O–H groups in total. The summed E-state index contributed by atoms with van der Waals surface area (Å²) in [4.78, 5) is 13.1. The molecular weight excluding hydrogens is 300 g/mol. The number of anilines is 4. The Morgan fingerprint density at radius 1 is 1.08 bits per heavy atom. The first-order chi connectivity index (χ1) is 11.7. The van der Waals surface area contributed by atoms with E-state index in [-0.39, 0.29) is 0 Å². The van der Waals surface area contributed by atoms with Gasteiger partial charge in [-0.05, 0) is 25.5 Å². The highest BCUT2D eigenvalue weighted by molar-refractivity contribution is 5.93. The Bertz CT molecular complexity index is 846. The lowest BCUT2D eigenvalue weighted by Gasteiger charge is -2.13. The summed E-state index contributed by atoms with van der Waals surface area (Å²) in [6.07, 6.45) is 3.69. The molecular formula is C18H22N6. The molecule has 0 atom stereocenters. The summed E-state index contributed by atoms with van der Waals surface area (Å²) < 4.78 is 0. The van der Waals surface area contributed by atoms with Gasteiger partial charge >= 0.3 is 0 Å². The number of fused-ring (bicyclic) bond motifs is 1. The number of nitrogens with two attached hydrogens (primary N) is 1. The van der Waals surface area contributed by atoms with Gasteiger partial charge in [0.15, 0.2) is 11.6 Å². The van der Waals surface area contributed by atoms with Crippen molar-refractivity contribution in [1.82, 2.24) is 15.0 Å². The number of rotatable bonds is 6. The fourth-order valence-electron chi connectivity index (χ4n) is 2.49. The number of unbranched alkanes of at least 4 members (excludes halogenated alkanes) is 1. The predicted molar refractivity (Wildman–Crippen MR) is 99.6 cm³/mol. The molecule has 0 aliphatic heterocycles. The van der Waals surface area contributed by atoms with Gasteiger partial charge in [0.25, 0.3) is 0 Å². The summed E-state index contributed by atoms with van der Waals surface area (Å²) in [5.41, 5.74) is 9.47. The molecule has 0 fully saturated rings. The van der Waals surface area contributed by atoms with E-state index in [1.54, 1.807) is 0 Å². The van der Waals surface area contributed by atoms with E-state index in [0.717, 1.165) is 41.7 Å². The number of para-hydroxylation sites is 1. The quantitative estimate of drug-likeness (QED) is 0.597. The van der Waals surface area contributed by atoms with Crippen LogP contribution in [0.3, 0.4) is 0 Å². The molecule has 0 saturated heterocycles. The van der Waals surface area contributed by atoms with Crippen molar-refractivity contribution in [2.45, 2.75) is 26.7 Å². The van der Waals surface area contributed by atoms with E-state index in [0.29, 0.717) is 17.3 Å². The van der Waals surface area contributed by atoms with Crippen LogP contribution in [0.2, 0.25) is 0 Å². The smallest absolute Gasteiger partial charge is 0.159 e. The third kappa shape index (κ3) is 3.37. The number of pyridine rings is 1. The van der Waals surface area contributed by atoms with E-state index in [9.17, 15) is 0 Å². The first-order valence-corrected chi connectivity index (χ1v) is 8.16. The van der Waals surface area contributed by atoms with Gasteiger partial charge < -0.3 is 16.4 Å². The molecule has 0 radical (unpaired) electrons. The second-order valence-corrected chi connectivity index (χ2v) is 5.72. The maximum atomic E-state index is 6.22. The molecule has 6 heteroatoms. The number of nitrogen functional groups attached to an aromatic ring is 1. The van der Waals surface area contributed by atoms with Gasteiger partial charge in [0.05, 0.1) is 11.2 Å². The highest BCUT2D eigenvalue weighted by Gasteiger charge is 2.10. The van der Waals surface area contributed by atoms with Gasteiger partial charge in [0.1, 0.15) is 12.0 Å². The summed E-state index contributed by atoms with van der Waals surface area (Å²) in [6, 6.07) is 10.1. The lowest BCUT2D eigenvalue weighted by atomic mass is 10.1. The van der Waals surface area contributed by atoms with Crippen molar-refractivity contribution in [2.24, 2.45) is 0 Å². The fraction of sp³-hybridized carbons (Fsp3) is 0.278. The van der Waals surface area contributed by atoms with Crippen molar-refractivity contribution in [3.8, 4) is 0 Å². The third-order valence-corrected chi connectivity index (χ3v) is 3.82. The molecule has 3 rings (SSSR count). The number of aryl methyl sites for hydroxylation is 1. The van der Waals surface area contributed by atoms with E-state index in [4.69, 9.17) is 5.73 Å². The van der Waals surface area contributed by atoms with Gasteiger partial charge in [-0.1, -0.05) is 31.5 Å². The van der Waals surface area contributed by atoms with Gasteiger partial charge in [0, 0.05) is 17.6 Å². The van der Waals surface area contributed by atoms with Crippen LogP contribution in [0.5, 0.6) is 0 Å². The van der Waals surface area contributed by atoms with Crippen LogP contribution in [0.4, 0.5) is 23.0 Å². The average Bonchev–Trinajstić information content (AvgIpc) is 2.59. The molecule has 3 aromatic rings. The monoisotopic (exact) mass is 322 g/mol. The first kappa shape index (κ1) is 16.0. The second kappa shape index (κ2) is 7.12. The Labute approximate surface area is 141 Å². The van der Waals surface area contributed by atoms with Crippen molar-refractivity contribution in [3.05, 3.63) is 42.4 Å². The van der Waals surface area contributed by atoms with Gasteiger partial charge in [-0.15, -0.1) is 0 Å². The Kier molecular flexibility index (Phi) is 4.74. The molecule has 2 aromatic heterocycles. The Morgan fingerprint density at radius 2 is 1.92 bits per heavy atom. The van der Waals surface area contributed by atoms with Crippen molar-refractivity contribution >= 4 is 33.9 Å². The van der Waals surface area contributed by atoms with Crippen molar-refractivity contribution < 1.29 is 0 Å². The summed E-state index contributed by atoms with van der Waals surface area (Å²) in [5, 5.41) is 7.62. The van der Waals surface area contributed by atoms with Crippen LogP contribution in [0.1, 0.15) is 25.5 Å². The number of aromatic nitrogens is 3. The molecule has 2 heterocycles. The summed E-state index contributed by atoms with van der Waals surface area (Å²) in [7, 11) is 0. The van der Waals surface area contributed by atoms with Crippen molar-refractivity contribution in [1.29, 1.82) is 0 Å². The number of hydrogen-bond acceptors (Lipinski definition) is 6. The number of hydrogen-bond donors (Lipinski definition) is 3. The maximum absolute atomic E-state index is 6.22. The van der Waals surface area contributed by atoms with Crippen LogP contribution in [0.15, 0.2) is 36.7 Å². The SMILES string of the molecule is CCCCNc1ncnc(Nc2cccc3ccc(C)nc23)c1N. The Balaban J connectivity index is 1.91. The zero-order chi connectivity index (χ0) is 16.9. The van der Waals surface area contributed by atoms with Gasteiger partial charge in [-0.25, -0.2) is 9.97 Å². The number of nitrogens with zero attached hydrogens (tertiary/aromatic N) is 3. The molecule has 0 aliphatic rings. The number of benzene rings is 1. The molecule has 0 unspecified atom stereocenters. The van der Waals surface area contributed by atoms with Crippen LogP contribution in [0, 0.1) is 6.92 Å². The molecule has 0 saturated carbocycles. The normalized spacial score (nSPS) is 10.8. The molecule has 6 nitrogen and oxygen atoms in total. The topological polar surface area (TPSA) is 88.8 Å². The van der Waals surface area contributed by atoms with Crippen LogP contribution in [0.25, 0.3) is 10.9 Å². The highest BCUT2D eigenvalue weighted by Crippen LogP contribution is 2.29. The maximum Gasteiger partial charge on any atom is 0.159 e. The highest BCUT2D eigenvalue weighted by atomic mass is 15.1. The molecule has 0 amide bonds. The molecule has 24 heavy (non-hydrogen) atoms. The molecule has 124 valence electrons. The Hall–Kier alpha value is -2.89. The number of nitrogens with one attached hydrogen (secondary N) is 2. The van der Waals surface area contributed by atoms with E-state index in [1.807, 2.05) is 31.2 Å². The van der Waals surface area contributed by atoms with Crippen LogP contribution in [-0.4, -0.2) is 21.5 Å². The van der Waals surface area contributed by atoms with Crippen LogP contribution in [-0.2, 0) is 0 Å². The minimum atomic E-state index is 0.512. The van der Waals surface area contributed by atoms with Gasteiger partial charge in [0.2, 0.25) is 0 Å². The van der Waals surface area contributed by atoms with E-state index in [1.165, 1.54) is 6.33 Å². The van der Waals surface area contributed by atoms with Gasteiger partial charge in [-0.3, -0.25) is 4.98 Å². The standard InChI is InChI=1S/C18H22N6/c1-3-4-10-20-17-15(19)18(22-11-21-17)24-14-7-5-6-13-9-8-12(2)23-16(13)14/h5-9,11H,3-4,10,19H2,1-2H3,(H2,20,21,22,24). The molecule has 1 aromatic carbocycles. The largest absolute Gasteiger partial charge is 0.393 e. The zero-order valence-corrected chi connectivity index (χ0v) is 14.0. The average molecular weight is 322 g/mol. The summed E-state index contributed by atoms with van der Waals surface area (Å²) >= 11 is 0.